The fourth-order valence-electron chi connectivity index (χ4n) is 1.37. The zero-order valence-electron chi connectivity index (χ0n) is 9.25. The Morgan fingerprint density at radius 2 is 1.94 bits per heavy atom. The van der Waals surface area contributed by atoms with E-state index in [2.05, 4.69) is 15.0 Å². The molecule has 0 spiro atoms. The van der Waals surface area contributed by atoms with Crippen LogP contribution in [0.1, 0.15) is 19.5 Å². The molecule has 4 heteroatoms. The standard InChI is InChI=1S/C12H13N3O/c1-12(2,16)11-4-3-9(7-14-11)10-5-6-13-8-15-10/h3-8,16H,1-2H3. The maximum absolute atomic E-state index is 9.76. The van der Waals surface area contributed by atoms with Gasteiger partial charge >= 0.3 is 0 Å². The third-order valence-electron chi connectivity index (χ3n) is 2.27. The lowest BCUT2D eigenvalue weighted by Crippen LogP contribution is -2.17. The normalized spacial score (nSPS) is 11.4. The maximum Gasteiger partial charge on any atom is 0.116 e. The van der Waals surface area contributed by atoms with Crippen LogP contribution >= 0.6 is 0 Å². The third-order valence-corrected chi connectivity index (χ3v) is 2.27. The van der Waals surface area contributed by atoms with Gasteiger partial charge in [-0.1, -0.05) is 0 Å². The second kappa shape index (κ2) is 3.98. The SMILES string of the molecule is CC(C)(O)c1ccc(-c2ccncn2)cn1. The van der Waals surface area contributed by atoms with Crippen molar-refractivity contribution in [2.45, 2.75) is 19.4 Å². The highest BCUT2D eigenvalue weighted by atomic mass is 16.3. The zero-order valence-corrected chi connectivity index (χ0v) is 9.25. The van der Waals surface area contributed by atoms with Crippen molar-refractivity contribution < 1.29 is 5.11 Å². The molecular formula is C12H13N3O. The minimum absolute atomic E-state index is 0.644. The lowest BCUT2D eigenvalue weighted by atomic mass is 10.0. The molecule has 0 amide bonds. The highest BCUT2D eigenvalue weighted by molar-refractivity contribution is 5.57. The van der Waals surface area contributed by atoms with Gasteiger partial charge in [-0.05, 0) is 32.0 Å². The molecule has 82 valence electrons. The lowest BCUT2D eigenvalue weighted by molar-refractivity contribution is 0.0739. The summed E-state index contributed by atoms with van der Waals surface area (Å²) in [5.74, 6) is 0. The molecule has 4 nitrogen and oxygen atoms in total. The van der Waals surface area contributed by atoms with Gasteiger partial charge in [-0.15, -0.1) is 0 Å². The number of rotatable bonds is 2. The quantitative estimate of drug-likeness (QED) is 0.829. The number of hydrogen-bond donors (Lipinski definition) is 1. The van der Waals surface area contributed by atoms with Gasteiger partial charge in [-0.2, -0.15) is 0 Å². The van der Waals surface area contributed by atoms with E-state index < -0.39 is 5.60 Å². The molecule has 0 fully saturated rings. The summed E-state index contributed by atoms with van der Waals surface area (Å²) in [5.41, 5.74) is 1.47. The summed E-state index contributed by atoms with van der Waals surface area (Å²) in [6, 6.07) is 5.51. The summed E-state index contributed by atoms with van der Waals surface area (Å²) < 4.78 is 0. The van der Waals surface area contributed by atoms with Gasteiger partial charge in [0, 0.05) is 18.0 Å². The highest BCUT2D eigenvalue weighted by Crippen LogP contribution is 2.20. The number of aromatic nitrogens is 3. The monoisotopic (exact) mass is 215 g/mol. The molecule has 0 radical (unpaired) electrons. The molecule has 0 unspecified atom stereocenters. The van der Waals surface area contributed by atoms with Gasteiger partial charge in [-0.3, -0.25) is 4.98 Å². The van der Waals surface area contributed by atoms with E-state index in [1.54, 1.807) is 32.3 Å². The Morgan fingerprint density at radius 1 is 1.12 bits per heavy atom. The van der Waals surface area contributed by atoms with E-state index in [1.807, 2.05) is 12.1 Å². The molecule has 1 N–H and O–H groups in total. The van der Waals surface area contributed by atoms with Crippen molar-refractivity contribution in [2.75, 3.05) is 0 Å². The van der Waals surface area contributed by atoms with Crippen molar-refractivity contribution in [3.63, 3.8) is 0 Å². The Morgan fingerprint density at radius 3 is 2.44 bits per heavy atom. The molecular weight excluding hydrogens is 202 g/mol. The zero-order chi connectivity index (χ0) is 11.6. The van der Waals surface area contributed by atoms with Crippen LogP contribution in [0, 0.1) is 0 Å². The van der Waals surface area contributed by atoms with Gasteiger partial charge in [0.2, 0.25) is 0 Å². The summed E-state index contributed by atoms with van der Waals surface area (Å²) >= 11 is 0. The summed E-state index contributed by atoms with van der Waals surface area (Å²) in [6.45, 7) is 3.42. The Labute approximate surface area is 94.0 Å². The maximum atomic E-state index is 9.76. The van der Waals surface area contributed by atoms with Crippen LogP contribution in [-0.4, -0.2) is 20.1 Å². The molecule has 2 aromatic heterocycles. The molecule has 2 aromatic rings. The summed E-state index contributed by atoms with van der Waals surface area (Å²) in [4.78, 5) is 12.2. The van der Waals surface area contributed by atoms with E-state index in [0.29, 0.717) is 5.69 Å². The van der Waals surface area contributed by atoms with Crippen molar-refractivity contribution in [2.24, 2.45) is 0 Å². The molecule has 2 heterocycles. The Hall–Kier alpha value is -1.81. The summed E-state index contributed by atoms with van der Waals surface area (Å²) in [5, 5.41) is 9.76. The Kier molecular flexibility index (Phi) is 2.66. The first-order valence-electron chi connectivity index (χ1n) is 5.02. The van der Waals surface area contributed by atoms with Crippen LogP contribution < -0.4 is 0 Å². The number of pyridine rings is 1. The predicted octanol–water partition coefficient (Wildman–Crippen LogP) is 1.77. The van der Waals surface area contributed by atoms with Crippen molar-refractivity contribution in [1.82, 2.24) is 15.0 Å². The van der Waals surface area contributed by atoms with E-state index in [4.69, 9.17) is 0 Å². The van der Waals surface area contributed by atoms with Crippen molar-refractivity contribution in [3.05, 3.63) is 42.6 Å². The largest absolute Gasteiger partial charge is 0.384 e. The molecule has 0 saturated carbocycles. The minimum atomic E-state index is -0.912. The highest BCUT2D eigenvalue weighted by Gasteiger charge is 2.17. The van der Waals surface area contributed by atoms with Crippen molar-refractivity contribution in [3.8, 4) is 11.3 Å². The van der Waals surface area contributed by atoms with E-state index in [1.165, 1.54) is 6.33 Å². The van der Waals surface area contributed by atoms with Gasteiger partial charge in [0.1, 0.15) is 11.9 Å². The van der Waals surface area contributed by atoms with Gasteiger partial charge in [-0.25, -0.2) is 9.97 Å². The minimum Gasteiger partial charge on any atom is -0.384 e. The topological polar surface area (TPSA) is 58.9 Å². The summed E-state index contributed by atoms with van der Waals surface area (Å²) in [7, 11) is 0. The predicted molar refractivity (Wildman–Crippen MR) is 60.5 cm³/mol. The van der Waals surface area contributed by atoms with Crippen LogP contribution in [0.25, 0.3) is 11.3 Å². The van der Waals surface area contributed by atoms with Gasteiger partial charge in [0.05, 0.1) is 11.4 Å². The van der Waals surface area contributed by atoms with E-state index in [9.17, 15) is 5.11 Å². The van der Waals surface area contributed by atoms with Gasteiger partial charge < -0.3 is 5.11 Å². The van der Waals surface area contributed by atoms with Crippen LogP contribution in [0.5, 0.6) is 0 Å². The fraction of sp³-hybridized carbons (Fsp3) is 0.250. The van der Waals surface area contributed by atoms with Crippen LogP contribution in [0.3, 0.4) is 0 Å². The van der Waals surface area contributed by atoms with Crippen molar-refractivity contribution in [1.29, 1.82) is 0 Å². The molecule has 0 saturated heterocycles. The average molecular weight is 215 g/mol. The molecule has 16 heavy (non-hydrogen) atoms. The second-order valence-corrected chi connectivity index (χ2v) is 4.09. The fourth-order valence-corrected chi connectivity index (χ4v) is 1.37. The average Bonchev–Trinajstić information content (AvgIpc) is 2.29. The second-order valence-electron chi connectivity index (χ2n) is 4.09. The number of aliphatic hydroxyl groups is 1. The van der Waals surface area contributed by atoms with E-state index in [-0.39, 0.29) is 0 Å². The van der Waals surface area contributed by atoms with Gasteiger partial charge in [0.15, 0.2) is 0 Å². The molecule has 0 aliphatic carbocycles. The van der Waals surface area contributed by atoms with Crippen LogP contribution in [0.15, 0.2) is 36.9 Å². The Balaban J connectivity index is 2.34. The van der Waals surface area contributed by atoms with Crippen LogP contribution in [-0.2, 0) is 5.60 Å². The molecule has 0 aromatic carbocycles. The van der Waals surface area contributed by atoms with Crippen molar-refractivity contribution >= 4 is 0 Å². The number of nitrogens with zero attached hydrogens (tertiary/aromatic N) is 3. The first-order valence-corrected chi connectivity index (χ1v) is 5.02. The van der Waals surface area contributed by atoms with E-state index >= 15 is 0 Å². The molecule has 0 aliphatic heterocycles. The van der Waals surface area contributed by atoms with Crippen LogP contribution in [0.4, 0.5) is 0 Å². The van der Waals surface area contributed by atoms with Gasteiger partial charge in [0.25, 0.3) is 0 Å². The molecule has 0 bridgehead atoms. The molecule has 0 atom stereocenters. The van der Waals surface area contributed by atoms with Crippen LogP contribution in [0.2, 0.25) is 0 Å². The van der Waals surface area contributed by atoms with E-state index in [0.717, 1.165) is 11.3 Å². The summed E-state index contributed by atoms with van der Waals surface area (Å²) in [6.07, 6.45) is 4.89. The smallest absolute Gasteiger partial charge is 0.116 e. The first-order chi connectivity index (χ1) is 7.57. The first kappa shape index (κ1) is 10.7. The molecule has 0 aliphatic rings. The molecule has 2 rings (SSSR count). The Bertz CT molecular complexity index is 460. The lowest BCUT2D eigenvalue weighted by Gasteiger charge is -2.16. The number of hydrogen-bond acceptors (Lipinski definition) is 4. The third kappa shape index (κ3) is 2.23.